The highest BCUT2D eigenvalue weighted by molar-refractivity contribution is 7.86. The highest BCUT2D eigenvalue weighted by atomic mass is 32.2. The second-order valence-electron chi connectivity index (χ2n) is 9.25. The van der Waals surface area contributed by atoms with E-state index in [4.69, 9.17) is 0 Å². The van der Waals surface area contributed by atoms with Crippen LogP contribution in [0.3, 0.4) is 0 Å². The molecule has 0 aliphatic heterocycles. The third kappa shape index (κ3) is 8.12. The Hall–Kier alpha value is -4.01. The maximum absolute atomic E-state index is 11.6. The van der Waals surface area contributed by atoms with E-state index in [2.05, 4.69) is 10.6 Å². The Morgan fingerprint density at radius 1 is 0.432 bits per heavy atom. The lowest BCUT2D eigenvalue weighted by Crippen LogP contribution is -2.01. The molecule has 6 aromatic carbocycles. The molecule has 0 unspecified atom stereocenters. The summed E-state index contributed by atoms with van der Waals surface area (Å²) in [4.78, 5) is -0.196. The van der Waals surface area contributed by atoms with Crippen LogP contribution in [0.4, 0.5) is 22.7 Å². The third-order valence-electron chi connectivity index (χ3n) is 6.39. The summed E-state index contributed by atoms with van der Waals surface area (Å²) >= 11 is 0. The predicted molar refractivity (Wildman–Crippen MR) is 176 cm³/mol. The molecule has 0 heterocycles. The first kappa shape index (κ1) is 34.5. The molecule has 2 radical (unpaired) electrons. The van der Waals surface area contributed by atoms with Gasteiger partial charge in [0, 0.05) is 56.6 Å². The van der Waals surface area contributed by atoms with E-state index < -0.39 is 20.2 Å². The van der Waals surface area contributed by atoms with E-state index in [1.54, 1.807) is 48.5 Å². The van der Waals surface area contributed by atoms with Crippen molar-refractivity contribution < 1.29 is 31.4 Å². The van der Waals surface area contributed by atoms with E-state index in [9.17, 15) is 25.9 Å². The fourth-order valence-electron chi connectivity index (χ4n) is 4.61. The molecule has 0 fully saturated rings. The molecule has 0 bridgehead atoms. The zero-order chi connectivity index (χ0) is 29.7. The molecule has 12 heteroatoms. The zero-order valence-electron chi connectivity index (χ0n) is 23.3. The molecule has 0 spiro atoms. The van der Waals surface area contributed by atoms with Crippen LogP contribution in [0.2, 0.25) is 0 Å². The largest absolute Gasteiger partial charge is 0.412 e. The van der Waals surface area contributed by atoms with Crippen molar-refractivity contribution in [2.24, 2.45) is 0 Å². The van der Waals surface area contributed by atoms with E-state index >= 15 is 0 Å². The van der Waals surface area contributed by atoms with Crippen molar-refractivity contribution in [2.45, 2.75) is 9.79 Å². The van der Waals surface area contributed by atoms with Crippen LogP contribution in [0.1, 0.15) is 0 Å². The van der Waals surface area contributed by atoms with Crippen molar-refractivity contribution >= 4 is 87.6 Å². The molecule has 0 aromatic heterocycles. The SMILES string of the molecule is O.O=S(=O)(O)c1cccc2cccc(Nc3ccccc3)c12.O=S(=O)(O)c1cccc2cccc(Nc3ccccc3)c12.[Mg]. The van der Waals surface area contributed by atoms with Crippen LogP contribution in [0.15, 0.2) is 143 Å². The Morgan fingerprint density at radius 2 is 0.750 bits per heavy atom. The Bertz CT molecular complexity index is 1930. The lowest BCUT2D eigenvalue weighted by molar-refractivity contribution is 0.482. The number of hydrogen-bond donors (Lipinski definition) is 4. The maximum Gasteiger partial charge on any atom is 0.295 e. The molecule has 222 valence electrons. The molecule has 6 rings (SSSR count). The summed E-state index contributed by atoms with van der Waals surface area (Å²) in [6.45, 7) is 0. The molecule has 0 atom stereocenters. The van der Waals surface area contributed by atoms with Crippen LogP contribution < -0.4 is 10.6 Å². The summed E-state index contributed by atoms with van der Waals surface area (Å²) in [6.07, 6.45) is 0. The van der Waals surface area contributed by atoms with Gasteiger partial charge in [-0.1, -0.05) is 84.9 Å². The lowest BCUT2D eigenvalue weighted by Gasteiger charge is -2.12. The average Bonchev–Trinajstić information content (AvgIpc) is 2.97. The topological polar surface area (TPSA) is 164 Å². The van der Waals surface area contributed by atoms with Crippen LogP contribution in [0.5, 0.6) is 0 Å². The summed E-state index contributed by atoms with van der Waals surface area (Å²) in [6, 6.07) is 39.3. The molecule has 0 aliphatic rings. The van der Waals surface area contributed by atoms with Gasteiger partial charge >= 0.3 is 0 Å². The second-order valence-corrected chi connectivity index (χ2v) is 12.0. The molecule has 6 N–H and O–H groups in total. The number of fused-ring (bicyclic) bond motifs is 2. The molecule has 0 saturated heterocycles. The first-order valence-electron chi connectivity index (χ1n) is 12.7. The Labute approximate surface area is 271 Å². The number of anilines is 4. The van der Waals surface area contributed by atoms with E-state index in [1.807, 2.05) is 72.8 Å². The highest BCUT2D eigenvalue weighted by Crippen LogP contribution is 2.33. The van der Waals surface area contributed by atoms with Gasteiger partial charge in [0.2, 0.25) is 0 Å². The van der Waals surface area contributed by atoms with Gasteiger partial charge in [0.15, 0.2) is 0 Å². The van der Waals surface area contributed by atoms with Crippen LogP contribution >= 0.6 is 0 Å². The monoisotopic (exact) mass is 640 g/mol. The molecule has 6 aromatic rings. The summed E-state index contributed by atoms with van der Waals surface area (Å²) in [7, 11) is -8.57. The Kier molecular flexibility index (Phi) is 11.5. The first-order chi connectivity index (χ1) is 20.1. The minimum atomic E-state index is -4.28. The summed E-state index contributed by atoms with van der Waals surface area (Å²) in [5.74, 6) is 0. The van der Waals surface area contributed by atoms with E-state index in [-0.39, 0.29) is 38.3 Å². The van der Waals surface area contributed by atoms with Gasteiger partial charge in [0.05, 0.1) is 0 Å². The van der Waals surface area contributed by atoms with Gasteiger partial charge in [-0.25, -0.2) is 0 Å². The van der Waals surface area contributed by atoms with Gasteiger partial charge in [0.1, 0.15) is 9.79 Å². The quantitative estimate of drug-likeness (QED) is 0.119. The van der Waals surface area contributed by atoms with Crippen LogP contribution in [-0.2, 0) is 20.2 Å². The van der Waals surface area contributed by atoms with Gasteiger partial charge in [0.25, 0.3) is 20.2 Å². The van der Waals surface area contributed by atoms with E-state index in [0.29, 0.717) is 22.1 Å². The fourth-order valence-corrected chi connectivity index (χ4v) is 6.08. The van der Waals surface area contributed by atoms with Crippen LogP contribution in [0.25, 0.3) is 21.5 Å². The van der Waals surface area contributed by atoms with E-state index in [1.165, 1.54) is 12.1 Å². The smallest absolute Gasteiger partial charge is 0.295 e. The van der Waals surface area contributed by atoms with Crippen molar-refractivity contribution in [3.8, 4) is 0 Å². The second kappa shape index (κ2) is 14.6. The first-order valence-corrected chi connectivity index (χ1v) is 15.6. The van der Waals surface area contributed by atoms with Crippen molar-refractivity contribution in [3.05, 3.63) is 133 Å². The van der Waals surface area contributed by atoms with Crippen LogP contribution in [0, 0.1) is 0 Å². The normalized spacial score (nSPS) is 11.0. The zero-order valence-corrected chi connectivity index (χ0v) is 26.3. The number of nitrogens with one attached hydrogen (secondary N) is 2. The Morgan fingerprint density at radius 3 is 1.07 bits per heavy atom. The number of para-hydroxylation sites is 2. The summed E-state index contributed by atoms with van der Waals surface area (Å²) in [5.41, 5.74) is 2.95. The Balaban J connectivity index is 0.000000230. The number of rotatable bonds is 6. The van der Waals surface area contributed by atoms with Crippen molar-refractivity contribution in [2.75, 3.05) is 10.6 Å². The summed E-state index contributed by atoms with van der Waals surface area (Å²) < 4.78 is 65.2. The third-order valence-corrected chi connectivity index (χ3v) is 8.19. The standard InChI is InChI=1S/2C16H13NO3S.Mg.H2O/c2*18-21(19,20)15-11-5-7-12-6-4-10-14(16(12)15)17-13-8-2-1-3-9-13;;/h2*1-11,17H,(H,18,19,20);;1H2. The van der Waals surface area contributed by atoms with Gasteiger partial charge in [-0.15, -0.1) is 0 Å². The molecular weight excluding hydrogens is 613 g/mol. The summed E-state index contributed by atoms with van der Waals surface area (Å²) in [5, 5.41) is 8.81. The molecular formula is C32H28MgN2O7S2. The molecule has 44 heavy (non-hydrogen) atoms. The van der Waals surface area contributed by atoms with Gasteiger partial charge in [-0.05, 0) is 59.3 Å². The van der Waals surface area contributed by atoms with Crippen LogP contribution in [-0.4, -0.2) is 54.5 Å². The average molecular weight is 641 g/mol. The van der Waals surface area contributed by atoms with E-state index in [0.717, 1.165) is 22.1 Å². The minimum Gasteiger partial charge on any atom is -0.412 e. The van der Waals surface area contributed by atoms with Gasteiger partial charge < -0.3 is 16.1 Å². The molecule has 9 nitrogen and oxygen atoms in total. The number of benzene rings is 6. The van der Waals surface area contributed by atoms with Gasteiger partial charge in [-0.2, -0.15) is 16.8 Å². The van der Waals surface area contributed by atoms with Crippen molar-refractivity contribution in [1.82, 2.24) is 0 Å². The highest BCUT2D eigenvalue weighted by Gasteiger charge is 2.17. The lowest BCUT2D eigenvalue weighted by atomic mass is 10.1. The molecule has 0 saturated carbocycles. The fraction of sp³-hybridized carbons (Fsp3) is 0. The molecule has 0 amide bonds. The molecule has 0 aliphatic carbocycles. The predicted octanol–water partition coefficient (Wildman–Crippen LogP) is 6.45. The maximum atomic E-state index is 11.6. The van der Waals surface area contributed by atoms with Crippen molar-refractivity contribution in [1.29, 1.82) is 0 Å². The minimum absolute atomic E-state index is 0. The number of hydrogen-bond acceptors (Lipinski definition) is 6. The van der Waals surface area contributed by atoms with Crippen molar-refractivity contribution in [3.63, 3.8) is 0 Å². The van der Waals surface area contributed by atoms with Gasteiger partial charge in [-0.3, -0.25) is 9.11 Å².